The minimum absolute atomic E-state index is 0.0762. The van der Waals surface area contributed by atoms with Crippen molar-refractivity contribution in [1.29, 1.82) is 0 Å². The zero-order valence-corrected chi connectivity index (χ0v) is 10.6. The lowest BCUT2D eigenvalue weighted by Gasteiger charge is -2.23. The highest BCUT2D eigenvalue weighted by Gasteiger charge is 2.17. The molecule has 1 N–H and O–H groups in total. The van der Waals surface area contributed by atoms with E-state index in [0.717, 1.165) is 5.56 Å². The quantitative estimate of drug-likeness (QED) is 0.882. The molecule has 0 heterocycles. The van der Waals surface area contributed by atoms with E-state index in [1.807, 2.05) is 26.1 Å². The van der Waals surface area contributed by atoms with Gasteiger partial charge in [0.25, 0.3) is 0 Å². The van der Waals surface area contributed by atoms with Gasteiger partial charge >= 0.3 is 0 Å². The van der Waals surface area contributed by atoms with E-state index in [-0.39, 0.29) is 12.1 Å². The van der Waals surface area contributed by atoms with Gasteiger partial charge in [-0.1, -0.05) is 29.3 Å². The Morgan fingerprint density at radius 2 is 1.93 bits per heavy atom. The summed E-state index contributed by atoms with van der Waals surface area (Å²) in [7, 11) is 3.58. The Labute approximate surface area is 101 Å². The van der Waals surface area contributed by atoms with Crippen LogP contribution in [0.25, 0.3) is 0 Å². The standard InChI is InChI=1S/C11H15Cl2NO/c1-7(15-3)11(14-2)8-4-5-9(12)10(13)6-8/h4-7,11,14H,1-3H3. The van der Waals surface area contributed by atoms with Crippen LogP contribution in [0.4, 0.5) is 0 Å². The highest BCUT2D eigenvalue weighted by molar-refractivity contribution is 6.42. The Kier molecular flexibility index (Phi) is 4.87. The molecule has 0 spiro atoms. The number of benzene rings is 1. The van der Waals surface area contributed by atoms with Crippen molar-refractivity contribution < 1.29 is 4.74 Å². The van der Waals surface area contributed by atoms with Gasteiger partial charge in [-0.25, -0.2) is 0 Å². The highest BCUT2D eigenvalue weighted by atomic mass is 35.5. The van der Waals surface area contributed by atoms with Crippen LogP contribution in [-0.2, 0) is 4.74 Å². The molecule has 4 heteroatoms. The fourth-order valence-corrected chi connectivity index (χ4v) is 1.82. The van der Waals surface area contributed by atoms with Crippen LogP contribution < -0.4 is 5.32 Å². The van der Waals surface area contributed by atoms with Crippen molar-refractivity contribution in [3.63, 3.8) is 0 Å². The molecule has 1 rings (SSSR count). The predicted molar refractivity (Wildman–Crippen MR) is 64.7 cm³/mol. The summed E-state index contributed by atoms with van der Waals surface area (Å²) >= 11 is 11.8. The number of nitrogens with one attached hydrogen (secondary N) is 1. The van der Waals surface area contributed by atoms with E-state index in [4.69, 9.17) is 27.9 Å². The predicted octanol–water partition coefficient (Wildman–Crippen LogP) is 3.29. The zero-order valence-electron chi connectivity index (χ0n) is 9.05. The second kappa shape index (κ2) is 5.71. The van der Waals surface area contributed by atoms with Gasteiger partial charge in [0, 0.05) is 7.11 Å². The summed E-state index contributed by atoms with van der Waals surface area (Å²) in [5, 5.41) is 4.33. The molecule has 0 aromatic heterocycles. The average molecular weight is 248 g/mol. The summed E-state index contributed by atoms with van der Waals surface area (Å²) in [6.07, 6.45) is 0.0762. The van der Waals surface area contributed by atoms with Gasteiger partial charge in [0.1, 0.15) is 0 Å². The van der Waals surface area contributed by atoms with E-state index in [2.05, 4.69) is 5.32 Å². The first-order chi connectivity index (χ1) is 7.10. The topological polar surface area (TPSA) is 21.3 Å². The maximum Gasteiger partial charge on any atom is 0.0737 e. The number of hydrogen-bond acceptors (Lipinski definition) is 2. The Morgan fingerprint density at radius 3 is 2.40 bits per heavy atom. The third-order valence-corrected chi connectivity index (χ3v) is 3.19. The molecule has 2 nitrogen and oxygen atoms in total. The summed E-state index contributed by atoms with van der Waals surface area (Å²) in [4.78, 5) is 0. The summed E-state index contributed by atoms with van der Waals surface area (Å²) in [6.45, 7) is 2.00. The van der Waals surface area contributed by atoms with Crippen LogP contribution in [0.5, 0.6) is 0 Å². The van der Waals surface area contributed by atoms with Crippen molar-refractivity contribution in [3.05, 3.63) is 33.8 Å². The molecule has 0 saturated carbocycles. The number of methoxy groups -OCH3 is 1. The molecule has 0 radical (unpaired) electrons. The second-order valence-electron chi connectivity index (χ2n) is 3.38. The van der Waals surface area contributed by atoms with Crippen LogP contribution in [-0.4, -0.2) is 20.3 Å². The molecule has 1 aromatic carbocycles. The lowest BCUT2D eigenvalue weighted by Crippen LogP contribution is -2.28. The molecule has 2 atom stereocenters. The van der Waals surface area contributed by atoms with Crippen molar-refractivity contribution in [1.82, 2.24) is 5.32 Å². The molecule has 0 aliphatic heterocycles. The largest absolute Gasteiger partial charge is 0.380 e. The second-order valence-corrected chi connectivity index (χ2v) is 4.20. The number of rotatable bonds is 4. The van der Waals surface area contributed by atoms with Gasteiger partial charge in [-0.15, -0.1) is 0 Å². The lowest BCUT2D eigenvalue weighted by molar-refractivity contribution is 0.0857. The number of halogens is 2. The fourth-order valence-electron chi connectivity index (χ4n) is 1.51. The zero-order chi connectivity index (χ0) is 11.4. The fraction of sp³-hybridized carbons (Fsp3) is 0.455. The first-order valence-electron chi connectivity index (χ1n) is 4.75. The number of ether oxygens (including phenoxy) is 1. The summed E-state index contributed by atoms with van der Waals surface area (Å²) < 4.78 is 5.29. The molecule has 2 unspecified atom stereocenters. The molecule has 0 fully saturated rings. The van der Waals surface area contributed by atoms with E-state index in [0.29, 0.717) is 10.0 Å². The Balaban J connectivity index is 2.97. The summed E-state index contributed by atoms with van der Waals surface area (Å²) in [5.41, 5.74) is 1.07. The monoisotopic (exact) mass is 247 g/mol. The molecule has 1 aromatic rings. The van der Waals surface area contributed by atoms with Crippen molar-refractivity contribution in [2.24, 2.45) is 0 Å². The normalized spacial score (nSPS) is 15.0. The van der Waals surface area contributed by atoms with Gasteiger partial charge in [-0.3, -0.25) is 0 Å². The molecule has 0 aliphatic carbocycles. The highest BCUT2D eigenvalue weighted by Crippen LogP contribution is 2.27. The van der Waals surface area contributed by atoms with Crippen LogP contribution in [0, 0.1) is 0 Å². The third kappa shape index (κ3) is 3.08. The van der Waals surface area contributed by atoms with Crippen LogP contribution in [0.3, 0.4) is 0 Å². The van der Waals surface area contributed by atoms with Gasteiger partial charge in [-0.05, 0) is 31.7 Å². The molecule has 0 aliphatic rings. The minimum atomic E-state index is 0.0762. The minimum Gasteiger partial charge on any atom is -0.380 e. The SMILES string of the molecule is CNC(c1ccc(Cl)c(Cl)c1)C(C)OC. The maximum atomic E-state index is 5.96. The van der Waals surface area contributed by atoms with E-state index < -0.39 is 0 Å². The Bertz CT molecular complexity index is 330. The van der Waals surface area contributed by atoms with Gasteiger partial charge in [-0.2, -0.15) is 0 Å². The van der Waals surface area contributed by atoms with Crippen molar-refractivity contribution in [3.8, 4) is 0 Å². The van der Waals surface area contributed by atoms with Crippen LogP contribution in [0.1, 0.15) is 18.5 Å². The summed E-state index contributed by atoms with van der Waals surface area (Å²) in [6, 6.07) is 5.72. The molecule has 0 saturated heterocycles. The van der Waals surface area contributed by atoms with E-state index >= 15 is 0 Å². The number of likely N-dealkylation sites (N-methyl/N-ethyl adjacent to an activating group) is 1. The van der Waals surface area contributed by atoms with Gasteiger partial charge in [0.05, 0.1) is 22.2 Å². The molecule has 84 valence electrons. The van der Waals surface area contributed by atoms with E-state index in [1.165, 1.54) is 0 Å². The van der Waals surface area contributed by atoms with E-state index in [9.17, 15) is 0 Å². The number of hydrogen-bond donors (Lipinski definition) is 1. The van der Waals surface area contributed by atoms with Crippen molar-refractivity contribution >= 4 is 23.2 Å². The first-order valence-corrected chi connectivity index (χ1v) is 5.50. The average Bonchev–Trinajstić information content (AvgIpc) is 2.24. The van der Waals surface area contributed by atoms with E-state index in [1.54, 1.807) is 13.2 Å². The molecule has 15 heavy (non-hydrogen) atoms. The maximum absolute atomic E-state index is 5.96. The van der Waals surface area contributed by atoms with Gasteiger partial charge in [0.15, 0.2) is 0 Å². The molecule has 0 amide bonds. The van der Waals surface area contributed by atoms with Crippen LogP contribution in [0.15, 0.2) is 18.2 Å². The first kappa shape index (κ1) is 12.8. The molecular formula is C11H15Cl2NO. The van der Waals surface area contributed by atoms with Crippen molar-refractivity contribution in [2.75, 3.05) is 14.2 Å². The van der Waals surface area contributed by atoms with Gasteiger partial charge < -0.3 is 10.1 Å². The van der Waals surface area contributed by atoms with Crippen LogP contribution >= 0.6 is 23.2 Å². The lowest BCUT2D eigenvalue weighted by atomic mass is 10.0. The Morgan fingerprint density at radius 1 is 1.27 bits per heavy atom. The third-order valence-electron chi connectivity index (χ3n) is 2.45. The Hall–Kier alpha value is -0.280. The smallest absolute Gasteiger partial charge is 0.0737 e. The molecular weight excluding hydrogens is 233 g/mol. The summed E-state index contributed by atoms with van der Waals surface area (Å²) in [5.74, 6) is 0. The van der Waals surface area contributed by atoms with Gasteiger partial charge in [0.2, 0.25) is 0 Å². The molecule has 0 bridgehead atoms. The van der Waals surface area contributed by atoms with Crippen molar-refractivity contribution in [2.45, 2.75) is 19.1 Å². The van der Waals surface area contributed by atoms with Crippen LogP contribution in [0.2, 0.25) is 10.0 Å².